The molecular formula is C24H30IN2+. The average molecular weight is 473 g/mol. The average Bonchev–Trinajstić information content (AvgIpc) is 3.25. The molecule has 2 aromatic rings. The van der Waals surface area contributed by atoms with E-state index in [9.17, 15) is 0 Å². The van der Waals surface area contributed by atoms with Crippen molar-refractivity contribution >= 4 is 22.6 Å². The van der Waals surface area contributed by atoms with Crippen LogP contribution in [0.3, 0.4) is 0 Å². The van der Waals surface area contributed by atoms with Gasteiger partial charge in [-0.3, -0.25) is 4.90 Å². The fourth-order valence-electron chi connectivity index (χ4n) is 6.61. The van der Waals surface area contributed by atoms with Gasteiger partial charge in [-0.1, -0.05) is 83.3 Å². The quantitative estimate of drug-likeness (QED) is 0.329. The Bertz CT molecular complexity index is 795. The number of quaternary nitrogens is 1. The molecule has 0 aromatic heterocycles. The molecule has 3 fully saturated rings. The van der Waals surface area contributed by atoms with E-state index in [1.165, 1.54) is 41.5 Å². The van der Waals surface area contributed by atoms with Crippen LogP contribution in [-0.4, -0.2) is 44.5 Å². The van der Waals surface area contributed by atoms with E-state index in [0.717, 1.165) is 22.1 Å². The molecule has 27 heavy (non-hydrogen) atoms. The number of piperazine rings is 1. The van der Waals surface area contributed by atoms with Crippen molar-refractivity contribution < 1.29 is 4.48 Å². The number of fused-ring (bicyclic) bond motifs is 1. The van der Waals surface area contributed by atoms with E-state index in [-0.39, 0.29) is 0 Å². The smallest absolute Gasteiger partial charge is 0.112 e. The first kappa shape index (κ1) is 18.1. The molecule has 2 aromatic carbocycles. The Morgan fingerprint density at radius 2 is 1.52 bits per heavy atom. The minimum Gasteiger partial charge on any atom is -0.312 e. The van der Waals surface area contributed by atoms with Crippen LogP contribution in [0.2, 0.25) is 0 Å². The van der Waals surface area contributed by atoms with Gasteiger partial charge < -0.3 is 4.48 Å². The van der Waals surface area contributed by atoms with Gasteiger partial charge in [0.05, 0.1) is 29.1 Å². The molecule has 2 unspecified atom stereocenters. The normalized spacial score (nSPS) is 37.3. The predicted molar refractivity (Wildman–Crippen MR) is 120 cm³/mol. The summed E-state index contributed by atoms with van der Waals surface area (Å²) in [6.07, 6.45) is 2.75. The number of benzene rings is 2. The number of hydrogen-bond acceptors (Lipinski definition) is 1. The number of likely N-dealkylation sites (tertiary alicyclic amines) is 1. The lowest BCUT2D eigenvalue weighted by molar-refractivity contribution is -0.976. The summed E-state index contributed by atoms with van der Waals surface area (Å²) >= 11 is 2.74. The molecule has 3 heterocycles. The lowest BCUT2D eigenvalue weighted by atomic mass is 9.89. The molecule has 3 heteroatoms. The minimum atomic E-state index is 0.530. The second-order valence-electron chi connectivity index (χ2n) is 8.95. The first-order valence-electron chi connectivity index (χ1n) is 10.5. The number of nitrogens with zero attached hydrogens (tertiary/aromatic N) is 2. The molecule has 2 bridgehead atoms. The second kappa shape index (κ2) is 6.85. The molecule has 0 aliphatic carbocycles. The Kier molecular flexibility index (Phi) is 4.60. The van der Waals surface area contributed by atoms with Gasteiger partial charge in [-0.05, 0) is 25.8 Å². The zero-order valence-corrected chi connectivity index (χ0v) is 18.5. The topological polar surface area (TPSA) is 3.24 Å². The molecule has 7 atom stereocenters. The highest BCUT2D eigenvalue weighted by Crippen LogP contribution is 2.54. The fourth-order valence-corrected chi connectivity index (χ4v) is 7.86. The summed E-state index contributed by atoms with van der Waals surface area (Å²) in [7, 11) is 0. The van der Waals surface area contributed by atoms with Crippen molar-refractivity contribution in [3.63, 3.8) is 0 Å². The van der Waals surface area contributed by atoms with Crippen molar-refractivity contribution in [3.05, 3.63) is 71.8 Å². The van der Waals surface area contributed by atoms with Crippen LogP contribution in [0.15, 0.2) is 60.7 Å². The molecule has 142 valence electrons. The molecule has 0 N–H and O–H groups in total. The van der Waals surface area contributed by atoms with E-state index < -0.39 is 0 Å². The van der Waals surface area contributed by atoms with Gasteiger partial charge in [0.1, 0.15) is 12.1 Å². The number of piperidine rings is 1. The Labute approximate surface area is 177 Å². The third-order valence-electron chi connectivity index (χ3n) is 7.79. The molecule has 0 saturated carbocycles. The van der Waals surface area contributed by atoms with Crippen molar-refractivity contribution in [2.75, 3.05) is 13.1 Å². The predicted octanol–water partition coefficient (Wildman–Crippen LogP) is 5.36. The number of hydrogen-bond donors (Lipinski definition) is 0. The number of rotatable bonds is 4. The molecule has 3 saturated heterocycles. The molecule has 0 amide bonds. The van der Waals surface area contributed by atoms with E-state index in [0.29, 0.717) is 12.1 Å². The van der Waals surface area contributed by atoms with Gasteiger partial charge in [-0.15, -0.1) is 0 Å². The molecule has 2 nitrogen and oxygen atoms in total. The van der Waals surface area contributed by atoms with Crippen molar-refractivity contribution in [2.45, 2.75) is 60.8 Å². The van der Waals surface area contributed by atoms with E-state index in [2.05, 4.69) is 102 Å². The highest BCUT2D eigenvalue weighted by atomic mass is 127. The Morgan fingerprint density at radius 1 is 0.889 bits per heavy atom. The van der Waals surface area contributed by atoms with Crippen LogP contribution in [-0.2, 0) is 0 Å². The van der Waals surface area contributed by atoms with E-state index >= 15 is 0 Å². The van der Waals surface area contributed by atoms with E-state index in [1.54, 1.807) is 0 Å². The summed E-state index contributed by atoms with van der Waals surface area (Å²) in [5.74, 6) is 0. The summed E-state index contributed by atoms with van der Waals surface area (Å²) in [6, 6.07) is 25.8. The lowest BCUT2D eigenvalue weighted by Gasteiger charge is -2.57. The van der Waals surface area contributed by atoms with E-state index in [1.807, 2.05) is 0 Å². The lowest BCUT2D eigenvalue weighted by Crippen LogP contribution is -2.69. The number of halogens is 1. The van der Waals surface area contributed by atoms with E-state index in [4.69, 9.17) is 0 Å². The maximum Gasteiger partial charge on any atom is 0.112 e. The summed E-state index contributed by atoms with van der Waals surface area (Å²) in [5, 5.41) is 0. The fraction of sp³-hybridized carbons (Fsp3) is 0.500. The monoisotopic (exact) mass is 473 g/mol. The highest BCUT2D eigenvalue weighted by molar-refractivity contribution is 14.1. The summed E-state index contributed by atoms with van der Waals surface area (Å²) in [4.78, 5) is 2.90. The summed E-state index contributed by atoms with van der Waals surface area (Å²) in [5.41, 5.74) is 3.01. The SMILES string of the molecule is C[C@@H](c1ccccc1)N1C2C[C@@H](I)C[N@+]3([C@@H](C)c4ccccc4)C[C@H]1CC23. The van der Waals surface area contributed by atoms with Crippen LogP contribution >= 0.6 is 22.6 Å². The Balaban J connectivity index is 1.48. The molecule has 0 radical (unpaired) electrons. The van der Waals surface area contributed by atoms with Gasteiger partial charge >= 0.3 is 0 Å². The molecule has 0 spiro atoms. The van der Waals surface area contributed by atoms with Crippen LogP contribution in [0.25, 0.3) is 0 Å². The highest BCUT2D eigenvalue weighted by Gasteiger charge is 2.65. The van der Waals surface area contributed by atoms with Crippen molar-refractivity contribution in [1.82, 2.24) is 4.90 Å². The number of alkyl halides is 1. The van der Waals surface area contributed by atoms with Crippen molar-refractivity contribution in [2.24, 2.45) is 0 Å². The van der Waals surface area contributed by atoms with Crippen LogP contribution in [0.5, 0.6) is 0 Å². The maximum atomic E-state index is 2.90. The standard InChI is InChI=1S/C24H30IN2/c1-17(19-9-5-3-6-10-19)26-22-14-24-23(26)13-21(25)15-27(24,16-22)18(2)20-11-7-4-8-12-20/h3-12,17-18,21-24H,13-16H2,1-2H3/q+1/t17-,18-,21+,22+,23?,24?,27+/m0/s1. The second-order valence-corrected chi connectivity index (χ2v) is 10.7. The minimum absolute atomic E-state index is 0.530. The molecule has 3 aliphatic rings. The van der Waals surface area contributed by atoms with Gasteiger partial charge in [0.25, 0.3) is 0 Å². The van der Waals surface area contributed by atoms with Crippen LogP contribution in [0, 0.1) is 0 Å². The van der Waals surface area contributed by atoms with Crippen LogP contribution < -0.4 is 0 Å². The largest absolute Gasteiger partial charge is 0.312 e. The van der Waals surface area contributed by atoms with Gasteiger partial charge in [-0.25, -0.2) is 0 Å². The van der Waals surface area contributed by atoms with Crippen molar-refractivity contribution in [1.29, 1.82) is 0 Å². The summed E-state index contributed by atoms with van der Waals surface area (Å²) < 4.78 is 2.10. The molecule has 5 rings (SSSR count). The zero-order chi connectivity index (χ0) is 18.6. The first-order valence-corrected chi connectivity index (χ1v) is 11.7. The van der Waals surface area contributed by atoms with Crippen LogP contribution in [0.1, 0.15) is 49.9 Å². The Morgan fingerprint density at radius 3 is 2.19 bits per heavy atom. The maximum absolute atomic E-state index is 2.90. The van der Waals surface area contributed by atoms with Gasteiger partial charge in [0.2, 0.25) is 0 Å². The van der Waals surface area contributed by atoms with Gasteiger partial charge in [0, 0.05) is 18.0 Å². The molecule has 3 aliphatic heterocycles. The first-order chi connectivity index (χ1) is 13.1. The van der Waals surface area contributed by atoms with Gasteiger partial charge in [-0.2, -0.15) is 0 Å². The third-order valence-corrected chi connectivity index (χ3v) is 8.69. The Hall–Kier alpha value is -0.910. The summed E-state index contributed by atoms with van der Waals surface area (Å²) in [6.45, 7) is 7.60. The van der Waals surface area contributed by atoms with Crippen molar-refractivity contribution in [3.8, 4) is 0 Å². The van der Waals surface area contributed by atoms with Gasteiger partial charge in [0.15, 0.2) is 0 Å². The zero-order valence-electron chi connectivity index (χ0n) is 16.3. The third kappa shape index (κ3) is 2.80. The molecular weight excluding hydrogens is 443 g/mol. The van der Waals surface area contributed by atoms with Crippen LogP contribution in [0.4, 0.5) is 0 Å².